The van der Waals surface area contributed by atoms with Crippen LogP contribution in [0.4, 0.5) is 0 Å². The molecule has 0 aromatic heterocycles. The topological polar surface area (TPSA) is 203 Å². The summed E-state index contributed by atoms with van der Waals surface area (Å²) in [5, 5.41) is 31.4. The first-order valence-electron chi connectivity index (χ1n) is 20.3. The van der Waals surface area contributed by atoms with E-state index >= 15 is 0 Å². The molecule has 58 heavy (non-hydrogen) atoms. The molecule has 0 saturated carbocycles. The molecule has 6 N–H and O–H groups in total. The van der Waals surface area contributed by atoms with Gasteiger partial charge < -0.3 is 35.7 Å². The van der Waals surface area contributed by atoms with Gasteiger partial charge in [-0.05, 0) is 88.5 Å². The van der Waals surface area contributed by atoms with E-state index < -0.39 is 71.8 Å². The van der Waals surface area contributed by atoms with Crippen molar-refractivity contribution >= 4 is 35.4 Å². The number of cyclic esters (lactones) is 1. The third-order valence-corrected chi connectivity index (χ3v) is 10.1. The van der Waals surface area contributed by atoms with E-state index in [-0.39, 0.29) is 49.3 Å². The predicted molar refractivity (Wildman–Crippen MR) is 221 cm³/mol. The molecule has 2 aliphatic heterocycles. The number of allylic oxidation sites excluding steroid dienone is 5. The standard InChI is InChI=1S/C44H63N5O9/c1-27(2)39-42(55)46-36(26-32-17-13-18-33(51)25-32)43(56)49-24-14-19-35(48-49)44(57)58-37(29(5)16-12-21-38(52)45-28(3)4)20-11-9-8-10-15-30(6)40(53)34(41(54)47-39)23-22-31(7)50/h8-13,16-18,21,25,27-28,30,34-37,39-40,48,51,53H,14-15,19-20,22-24,26H2,1-7H3,(H,45,52)(H,46,55)(H,47,54)/t30-,34+,35?,36-,37-,39-,40+/m0/s1. The molecule has 1 saturated heterocycles. The van der Waals surface area contributed by atoms with Gasteiger partial charge in [0, 0.05) is 37.9 Å². The van der Waals surface area contributed by atoms with Gasteiger partial charge in [-0.25, -0.2) is 5.43 Å². The number of Topliss-reactive ketones (excluding diaryl/α,β-unsaturated/α-hetero) is 1. The lowest BCUT2D eigenvalue weighted by Gasteiger charge is -2.36. The summed E-state index contributed by atoms with van der Waals surface area (Å²) in [6.45, 7) is 12.4. The number of esters is 1. The first-order valence-corrected chi connectivity index (χ1v) is 20.3. The monoisotopic (exact) mass is 805 g/mol. The van der Waals surface area contributed by atoms with Gasteiger partial charge in [-0.15, -0.1) is 0 Å². The minimum absolute atomic E-state index is 0.0167. The van der Waals surface area contributed by atoms with Crippen LogP contribution in [0.5, 0.6) is 5.75 Å². The van der Waals surface area contributed by atoms with Crippen molar-refractivity contribution in [2.24, 2.45) is 17.8 Å². The molecule has 0 aliphatic carbocycles. The van der Waals surface area contributed by atoms with Crippen molar-refractivity contribution in [2.45, 2.75) is 130 Å². The van der Waals surface area contributed by atoms with Crippen LogP contribution in [0.3, 0.4) is 0 Å². The zero-order valence-corrected chi connectivity index (χ0v) is 34.9. The maximum Gasteiger partial charge on any atom is 0.325 e. The maximum absolute atomic E-state index is 14.3. The first kappa shape index (κ1) is 47.3. The minimum Gasteiger partial charge on any atom is -0.508 e. The number of rotatable bonds is 10. The quantitative estimate of drug-likeness (QED) is 0.114. The van der Waals surface area contributed by atoms with E-state index in [1.54, 1.807) is 64.1 Å². The lowest BCUT2D eigenvalue weighted by atomic mass is 9.85. The molecule has 1 unspecified atom stereocenters. The molecule has 1 aromatic rings. The fourth-order valence-corrected chi connectivity index (χ4v) is 6.76. The Balaban J connectivity index is 2.04. The Morgan fingerprint density at radius 2 is 1.72 bits per heavy atom. The van der Waals surface area contributed by atoms with Gasteiger partial charge in [0.25, 0.3) is 5.91 Å². The number of benzene rings is 1. The smallest absolute Gasteiger partial charge is 0.325 e. The predicted octanol–water partition coefficient (Wildman–Crippen LogP) is 3.88. The van der Waals surface area contributed by atoms with Crippen LogP contribution < -0.4 is 21.4 Å². The van der Waals surface area contributed by atoms with Gasteiger partial charge in [0.15, 0.2) is 0 Å². The summed E-state index contributed by atoms with van der Waals surface area (Å²) in [7, 11) is 0. The number of amides is 4. The molecular weight excluding hydrogens is 743 g/mol. The molecule has 3 rings (SSSR count). The van der Waals surface area contributed by atoms with E-state index in [4.69, 9.17) is 4.74 Å². The van der Waals surface area contributed by atoms with Crippen molar-refractivity contribution in [3.8, 4) is 5.75 Å². The van der Waals surface area contributed by atoms with Gasteiger partial charge in [-0.1, -0.05) is 69.4 Å². The highest BCUT2D eigenvalue weighted by atomic mass is 16.5. The summed E-state index contributed by atoms with van der Waals surface area (Å²) in [6.07, 6.45) is 11.8. The van der Waals surface area contributed by atoms with Crippen LogP contribution in [0.25, 0.3) is 0 Å². The second-order valence-electron chi connectivity index (χ2n) is 16.0. The number of hydrogen-bond donors (Lipinski definition) is 6. The highest BCUT2D eigenvalue weighted by Gasteiger charge is 2.37. The second-order valence-corrected chi connectivity index (χ2v) is 16.0. The van der Waals surface area contributed by atoms with Crippen molar-refractivity contribution < 1.29 is 43.7 Å². The van der Waals surface area contributed by atoms with Crippen LogP contribution in [0.15, 0.2) is 72.4 Å². The van der Waals surface area contributed by atoms with Crippen LogP contribution in [0.1, 0.15) is 92.6 Å². The van der Waals surface area contributed by atoms with Crippen molar-refractivity contribution in [1.82, 2.24) is 26.4 Å². The molecular formula is C44H63N5O9. The zero-order chi connectivity index (χ0) is 42.9. The van der Waals surface area contributed by atoms with Crippen molar-refractivity contribution in [1.29, 1.82) is 0 Å². The summed E-state index contributed by atoms with van der Waals surface area (Å²) < 4.78 is 6.04. The van der Waals surface area contributed by atoms with Gasteiger partial charge in [-0.3, -0.25) is 29.0 Å². The number of carbonyl (C=O) groups excluding carboxylic acids is 6. The van der Waals surface area contributed by atoms with Crippen LogP contribution in [-0.2, 0) is 39.9 Å². The average molecular weight is 806 g/mol. The summed E-state index contributed by atoms with van der Waals surface area (Å²) in [5.74, 6) is -4.61. The number of phenolic OH excluding ortho intramolecular Hbond substituents is 1. The third-order valence-electron chi connectivity index (χ3n) is 10.1. The van der Waals surface area contributed by atoms with Gasteiger partial charge in [0.1, 0.15) is 35.8 Å². The summed E-state index contributed by atoms with van der Waals surface area (Å²) in [6, 6.07) is 3.10. The molecule has 14 heteroatoms. The average Bonchev–Trinajstić information content (AvgIpc) is 3.16. The highest BCUT2D eigenvalue weighted by molar-refractivity contribution is 5.93. The molecule has 2 heterocycles. The van der Waals surface area contributed by atoms with Crippen molar-refractivity contribution in [2.75, 3.05) is 6.54 Å². The van der Waals surface area contributed by atoms with Crippen LogP contribution >= 0.6 is 0 Å². The number of ether oxygens (including phenoxy) is 1. The SMILES string of the molecule is CC(=O)CC[C@H]1C(=O)N[C@@H](C(C)C)C(=O)N[C@@H](Cc2cccc(O)c2)C(=O)N2CCCC(N2)C(=O)O[C@H](C(C)=CC=CC(=O)NC(C)C)CC=CC=CC[C@H](C)[C@H]1O. The lowest BCUT2D eigenvalue weighted by Crippen LogP contribution is -2.62. The van der Waals surface area contributed by atoms with Crippen LogP contribution in [0.2, 0.25) is 0 Å². The molecule has 2 aliphatic rings. The van der Waals surface area contributed by atoms with Gasteiger partial charge >= 0.3 is 5.97 Å². The third kappa shape index (κ3) is 15.4. The van der Waals surface area contributed by atoms with E-state index in [0.717, 1.165) is 0 Å². The molecule has 4 amide bonds. The minimum atomic E-state index is -1.18. The number of hydrazine groups is 1. The molecule has 2 bridgehead atoms. The Morgan fingerprint density at radius 3 is 2.38 bits per heavy atom. The Morgan fingerprint density at radius 1 is 1.02 bits per heavy atom. The Labute approximate surface area is 342 Å². The fraction of sp³-hybridized carbons (Fsp3) is 0.545. The number of nitrogens with one attached hydrogen (secondary N) is 4. The van der Waals surface area contributed by atoms with E-state index in [0.29, 0.717) is 36.8 Å². The van der Waals surface area contributed by atoms with Gasteiger partial charge in [0.05, 0.1) is 12.0 Å². The van der Waals surface area contributed by atoms with Crippen molar-refractivity contribution in [3.05, 3.63) is 77.9 Å². The number of phenols is 1. The number of fused-ring (bicyclic) bond motifs is 2. The highest BCUT2D eigenvalue weighted by Crippen LogP contribution is 2.24. The maximum atomic E-state index is 14.3. The number of ketones is 1. The van der Waals surface area contributed by atoms with Gasteiger partial charge in [-0.2, -0.15) is 0 Å². The Kier molecular flexibility index (Phi) is 19.0. The molecule has 14 nitrogen and oxygen atoms in total. The molecule has 318 valence electrons. The molecule has 1 aromatic carbocycles. The van der Waals surface area contributed by atoms with E-state index in [1.807, 2.05) is 26.0 Å². The molecule has 7 atom stereocenters. The molecule has 0 radical (unpaired) electrons. The lowest BCUT2D eigenvalue weighted by molar-refractivity contribution is -0.156. The first-order chi connectivity index (χ1) is 27.5. The zero-order valence-electron chi connectivity index (χ0n) is 34.9. The Hall–Kier alpha value is -5.08. The number of carbonyl (C=O) groups is 6. The summed E-state index contributed by atoms with van der Waals surface area (Å²) in [4.78, 5) is 80.2. The van der Waals surface area contributed by atoms with Crippen LogP contribution in [-0.4, -0.2) is 93.5 Å². The Bertz CT molecular complexity index is 1720. The summed E-state index contributed by atoms with van der Waals surface area (Å²) >= 11 is 0. The summed E-state index contributed by atoms with van der Waals surface area (Å²) in [5.41, 5.74) is 4.25. The fourth-order valence-electron chi connectivity index (χ4n) is 6.76. The number of aliphatic hydroxyl groups is 1. The number of hydrogen-bond acceptors (Lipinski definition) is 10. The molecule has 1 fully saturated rings. The van der Waals surface area contributed by atoms with Crippen molar-refractivity contribution in [3.63, 3.8) is 0 Å². The largest absolute Gasteiger partial charge is 0.508 e. The van der Waals surface area contributed by atoms with E-state index in [9.17, 15) is 39.0 Å². The number of nitrogens with zero attached hydrogens (tertiary/aromatic N) is 1. The van der Waals surface area contributed by atoms with Crippen LogP contribution in [0, 0.1) is 17.8 Å². The van der Waals surface area contributed by atoms with E-state index in [2.05, 4.69) is 21.4 Å². The second kappa shape index (κ2) is 23.4. The van der Waals surface area contributed by atoms with E-state index in [1.165, 1.54) is 30.1 Å². The van der Waals surface area contributed by atoms with Gasteiger partial charge in [0.2, 0.25) is 17.7 Å². The molecule has 0 spiro atoms. The number of aliphatic hydroxyl groups excluding tert-OH is 1. The normalized spacial score (nSPS) is 26.1. The number of aromatic hydroxyl groups is 1.